The van der Waals surface area contributed by atoms with Gasteiger partial charge in [-0.1, -0.05) is 0 Å². The molecule has 1 rings (SSSR count). The topological polar surface area (TPSA) is 61.1 Å². The van der Waals surface area contributed by atoms with Gasteiger partial charge in [-0.2, -0.15) is 5.26 Å². The van der Waals surface area contributed by atoms with Crippen molar-refractivity contribution in [3.05, 3.63) is 26.4 Å². The summed E-state index contributed by atoms with van der Waals surface area (Å²) >= 11 is 4.61. The summed E-state index contributed by atoms with van der Waals surface area (Å²) in [7, 11) is 0. The van der Waals surface area contributed by atoms with Gasteiger partial charge in [0.05, 0.1) is 3.79 Å². The third-order valence-corrected chi connectivity index (χ3v) is 2.80. The molecule has 0 aliphatic carbocycles. The lowest BCUT2D eigenvalue weighted by Gasteiger charge is -1.86. The molecule has 1 aromatic heterocycles. The van der Waals surface area contributed by atoms with E-state index in [4.69, 9.17) is 10.4 Å². The molecule has 1 heterocycles. The molecule has 1 aromatic rings. The fraction of sp³-hybridized carbons (Fsp3) is 0. The zero-order valence-electron chi connectivity index (χ0n) is 6.32. The van der Waals surface area contributed by atoms with Crippen LogP contribution < -0.4 is 0 Å². The largest absolute Gasteiger partial charge is 0.477 e. The van der Waals surface area contributed by atoms with Crippen LogP contribution in [0.4, 0.5) is 0 Å². The van der Waals surface area contributed by atoms with Gasteiger partial charge in [-0.25, -0.2) is 4.79 Å². The molecule has 0 fully saturated rings. The molecule has 0 aliphatic heterocycles. The molecule has 0 saturated heterocycles. The van der Waals surface area contributed by atoms with Crippen molar-refractivity contribution in [2.75, 3.05) is 0 Å². The number of nitriles is 1. The van der Waals surface area contributed by atoms with Crippen LogP contribution >= 0.6 is 27.3 Å². The van der Waals surface area contributed by atoms with Gasteiger partial charge >= 0.3 is 5.97 Å². The SMILES string of the molecule is N#C/C(=C\c1ccc(Br)s1)C(=O)O. The number of aliphatic carboxylic acids is 1. The van der Waals surface area contributed by atoms with Crippen LogP contribution in [0.2, 0.25) is 0 Å². The van der Waals surface area contributed by atoms with Crippen molar-refractivity contribution in [2.45, 2.75) is 0 Å². The van der Waals surface area contributed by atoms with Crippen molar-refractivity contribution in [2.24, 2.45) is 0 Å². The smallest absolute Gasteiger partial charge is 0.346 e. The van der Waals surface area contributed by atoms with Crippen LogP contribution in [0.1, 0.15) is 4.88 Å². The summed E-state index contributed by atoms with van der Waals surface area (Å²) in [6.07, 6.45) is 1.34. The van der Waals surface area contributed by atoms with E-state index in [1.165, 1.54) is 17.4 Å². The molecule has 1 N–H and O–H groups in total. The Labute approximate surface area is 87.1 Å². The molecule has 0 spiro atoms. The maximum atomic E-state index is 10.4. The average Bonchev–Trinajstić information content (AvgIpc) is 2.46. The zero-order valence-corrected chi connectivity index (χ0v) is 8.72. The van der Waals surface area contributed by atoms with Crippen molar-refractivity contribution >= 4 is 39.3 Å². The molecule has 0 saturated carbocycles. The second kappa shape index (κ2) is 4.21. The fourth-order valence-electron chi connectivity index (χ4n) is 0.690. The molecule has 13 heavy (non-hydrogen) atoms. The number of carboxylic acid groups (broad SMARTS) is 1. The second-order valence-electron chi connectivity index (χ2n) is 2.12. The molecule has 5 heteroatoms. The number of rotatable bonds is 2. The maximum Gasteiger partial charge on any atom is 0.346 e. The Kier molecular flexibility index (Phi) is 3.23. The number of hydrogen-bond donors (Lipinski definition) is 1. The van der Waals surface area contributed by atoms with Gasteiger partial charge < -0.3 is 5.11 Å². The third kappa shape index (κ3) is 2.68. The monoisotopic (exact) mass is 257 g/mol. The van der Waals surface area contributed by atoms with E-state index in [-0.39, 0.29) is 5.57 Å². The Balaban J connectivity index is 3.00. The summed E-state index contributed by atoms with van der Waals surface area (Å²) in [5.74, 6) is -1.20. The van der Waals surface area contributed by atoms with Gasteiger partial charge in [0.1, 0.15) is 11.6 Å². The van der Waals surface area contributed by atoms with Crippen LogP contribution in [0.25, 0.3) is 6.08 Å². The van der Waals surface area contributed by atoms with Gasteiger partial charge in [-0.05, 0) is 34.1 Å². The first-order valence-electron chi connectivity index (χ1n) is 3.24. The van der Waals surface area contributed by atoms with Crippen LogP contribution in [0.5, 0.6) is 0 Å². The highest BCUT2D eigenvalue weighted by Gasteiger charge is 2.06. The van der Waals surface area contributed by atoms with E-state index >= 15 is 0 Å². The summed E-state index contributed by atoms with van der Waals surface area (Å²) < 4.78 is 0.904. The number of hydrogen-bond acceptors (Lipinski definition) is 3. The predicted molar refractivity (Wildman–Crippen MR) is 53.2 cm³/mol. The fourth-order valence-corrected chi connectivity index (χ4v) is 2.06. The molecule has 0 amide bonds. The Morgan fingerprint density at radius 2 is 2.38 bits per heavy atom. The van der Waals surface area contributed by atoms with Crippen LogP contribution in [0.15, 0.2) is 21.5 Å². The lowest BCUT2D eigenvalue weighted by atomic mass is 10.2. The first-order valence-corrected chi connectivity index (χ1v) is 4.85. The summed E-state index contributed by atoms with van der Waals surface area (Å²) in [6.45, 7) is 0. The highest BCUT2D eigenvalue weighted by atomic mass is 79.9. The Bertz CT molecular complexity index is 403. The quantitative estimate of drug-likeness (QED) is 0.654. The van der Waals surface area contributed by atoms with Crippen molar-refractivity contribution < 1.29 is 9.90 Å². The minimum atomic E-state index is -1.20. The molecule has 0 aliphatic rings. The highest BCUT2D eigenvalue weighted by Crippen LogP contribution is 2.23. The number of thiophene rings is 1. The zero-order chi connectivity index (χ0) is 9.84. The van der Waals surface area contributed by atoms with Crippen LogP contribution in [-0.2, 0) is 4.79 Å². The van der Waals surface area contributed by atoms with Crippen molar-refractivity contribution in [1.82, 2.24) is 0 Å². The Hall–Kier alpha value is -1.12. The summed E-state index contributed by atoms with van der Waals surface area (Å²) in [5, 5.41) is 17.0. The van der Waals surface area contributed by atoms with E-state index in [1.54, 1.807) is 18.2 Å². The van der Waals surface area contributed by atoms with E-state index in [0.717, 1.165) is 8.66 Å². The minimum Gasteiger partial charge on any atom is -0.477 e. The second-order valence-corrected chi connectivity index (χ2v) is 4.61. The Morgan fingerprint density at radius 1 is 1.69 bits per heavy atom. The van der Waals surface area contributed by atoms with Gasteiger partial charge in [-0.15, -0.1) is 11.3 Å². The normalized spacial score (nSPS) is 10.9. The molecule has 0 bridgehead atoms. The lowest BCUT2D eigenvalue weighted by molar-refractivity contribution is -0.132. The summed E-state index contributed by atoms with van der Waals surface area (Å²) in [5.41, 5.74) is -0.255. The van der Waals surface area contributed by atoms with E-state index in [9.17, 15) is 4.79 Å². The number of nitrogens with zero attached hydrogens (tertiary/aromatic N) is 1. The number of carbonyl (C=O) groups is 1. The third-order valence-electron chi connectivity index (χ3n) is 1.23. The van der Waals surface area contributed by atoms with Crippen molar-refractivity contribution in [3.8, 4) is 6.07 Å². The molecule has 0 atom stereocenters. The van der Waals surface area contributed by atoms with Crippen LogP contribution in [0, 0.1) is 11.3 Å². The van der Waals surface area contributed by atoms with Gasteiger partial charge in [0.25, 0.3) is 0 Å². The van der Waals surface area contributed by atoms with Crippen LogP contribution in [0.3, 0.4) is 0 Å². The molecule has 66 valence electrons. The molecule has 0 aromatic carbocycles. The minimum absolute atomic E-state index is 0.255. The first kappa shape index (κ1) is 9.96. The summed E-state index contributed by atoms with van der Waals surface area (Å²) in [4.78, 5) is 11.2. The highest BCUT2D eigenvalue weighted by molar-refractivity contribution is 9.11. The van der Waals surface area contributed by atoms with Gasteiger partial charge in [-0.3, -0.25) is 0 Å². The van der Waals surface area contributed by atoms with Crippen molar-refractivity contribution in [1.29, 1.82) is 5.26 Å². The standard InChI is InChI=1S/C8H4BrNO2S/c9-7-2-1-6(13-7)3-5(4-10)8(11)12/h1-3H,(H,11,12)/b5-3+. The van der Waals surface area contributed by atoms with Gasteiger partial charge in [0.15, 0.2) is 0 Å². The first-order chi connectivity index (χ1) is 6.13. The lowest BCUT2D eigenvalue weighted by Crippen LogP contribution is -1.96. The number of carboxylic acids is 1. The molecular formula is C8H4BrNO2S. The molecule has 0 unspecified atom stereocenters. The molecular weight excluding hydrogens is 254 g/mol. The van der Waals surface area contributed by atoms with E-state index < -0.39 is 5.97 Å². The van der Waals surface area contributed by atoms with E-state index in [1.807, 2.05) is 0 Å². The number of halogens is 1. The van der Waals surface area contributed by atoms with Gasteiger partial charge in [0, 0.05) is 4.88 Å². The predicted octanol–water partition coefficient (Wildman–Crippen LogP) is 2.50. The van der Waals surface area contributed by atoms with Crippen LogP contribution in [-0.4, -0.2) is 11.1 Å². The van der Waals surface area contributed by atoms with E-state index in [2.05, 4.69) is 15.9 Å². The molecule has 3 nitrogen and oxygen atoms in total. The summed E-state index contributed by atoms with van der Waals surface area (Å²) in [6, 6.07) is 5.16. The van der Waals surface area contributed by atoms with Crippen molar-refractivity contribution in [3.63, 3.8) is 0 Å². The van der Waals surface area contributed by atoms with E-state index in [0.29, 0.717) is 0 Å². The molecule has 0 radical (unpaired) electrons. The average molecular weight is 258 g/mol. The van der Waals surface area contributed by atoms with Gasteiger partial charge in [0.2, 0.25) is 0 Å². The maximum absolute atomic E-state index is 10.4. The Morgan fingerprint density at radius 3 is 2.77 bits per heavy atom.